The summed E-state index contributed by atoms with van der Waals surface area (Å²) in [6.07, 6.45) is 10.9. The fourth-order valence-electron chi connectivity index (χ4n) is 7.14. The van der Waals surface area contributed by atoms with Crippen molar-refractivity contribution in [1.82, 2.24) is 0 Å². The van der Waals surface area contributed by atoms with Crippen LogP contribution in [0.15, 0.2) is 152 Å². The molecule has 0 heteroatoms. The minimum atomic E-state index is 0.481. The molecule has 0 saturated heterocycles. The predicted molar refractivity (Wildman–Crippen MR) is 189 cm³/mol. The molecule has 0 aliphatic rings. The monoisotopic (exact) mass is 578 g/mol. The lowest BCUT2D eigenvalue weighted by molar-refractivity contribution is 0.406. The second-order valence-electron chi connectivity index (χ2n) is 12.7. The van der Waals surface area contributed by atoms with Gasteiger partial charge in [0.2, 0.25) is 0 Å². The van der Waals surface area contributed by atoms with E-state index in [1.807, 2.05) is 0 Å². The predicted octanol–water partition coefficient (Wildman–Crippen LogP) is 12.5. The molecule has 0 aromatic heterocycles. The molecule has 0 N–H and O–H groups in total. The van der Waals surface area contributed by atoms with Crippen molar-refractivity contribution in [1.29, 1.82) is 0 Å². The SMILES string of the molecule is CCCCC[C@H](C[C@H](C[C@H](C[C@H](CCc1ccccc1)c1ccccc1)c1ccccc1)c1ccccc1)c1ccccc1. The zero-order valence-electron chi connectivity index (χ0n) is 26.6. The molecule has 0 aliphatic heterocycles. The Morgan fingerprint density at radius 2 is 0.705 bits per heavy atom. The van der Waals surface area contributed by atoms with Gasteiger partial charge in [0.05, 0.1) is 0 Å². The molecule has 0 unspecified atom stereocenters. The summed E-state index contributed by atoms with van der Waals surface area (Å²) in [7, 11) is 0. The molecule has 44 heavy (non-hydrogen) atoms. The van der Waals surface area contributed by atoms with Gasteiger partial charge in [0.15, 0.2) is 0 Å². The van der Waals surface area contributed by atoms with Gasteiger partial charge in [-0.25, -0.2) is 0 Å². The van der Waals surface area contributed by atoms with Crippen LogP contribution in [0.25, 0.3) is 0 Å². The first-order valence-corrected chi connectivity index (χ1v) is 17.0. The Hall–Kier alpha value is -3.90. The normalized spacial score (nSPS) is 14.0. The number of hydrogen-bond donors (Lipinski definition) is 0. The smallest absolute Gasteiger partial charge is 0.0150 e. The van der Waals surface area contributed by atoms with E-state index >= 15 is 0 Å². The molecule has 0 saturated carbocycles. The molecular weight excluding hydrogens is 528 g/mol. The van der Waals surface area contributed by atoms with Crippen molar-refractivity contribution >= 4 is 0 Å². The molecule has 0 spiro atoms. The summed E-state index contributed by atoms with van der Waals surface area (Å²) in [5, 5.41) is 0. The third-order valence-corrected chi connectivity index (χ3v) is 9.57. The van der Waals surface area contributed by atoms with Gasteiger partial charge in [0.25, 0.3) is 0 Å². The molecule has 0 nitrogen and oxygen atoms in total. The molecule has 5 aromatic carbocycles. The van der Waals surface area contributed by atoms with Crippen LogP contribution in [-0.2, 0) is 6.42 Å². The van der Waals surface area contributed by atoms with Crippen molar-refractivity contribution in [2.24, 2.45) is 0 Å². The summed E-state index contributed by atoms with van der Waals surface area (Å²) in [4.78, 5) is 0. The fourth-order valence-corrected chi connectivity index (χ4v) is 7.14. The number of aryl methyl sites for hydroxylation is 1. The van der Waals surface area contributed by atoms with Crippen LogP contribution < -0.4 is 0 Å². The van der Waals surface area contributed by atoms with Crippen LogP contribution in [0.4, 0.5) is 0 Å². The van der Waals surface area contributed by atoms with Crippen molar-refractivity contribution in [3.8, 4) is 0 Å². The minimum absolute atomic E-state index is 0.481. The summed E-state index contributed by atoms with van der Waals surface area (Å²) in [5.41, 5.74) is 7.39. The lowest BCUT2D eigenvalue weighted by Gasteiger charge is -2.31. The lowest BCUT2D eigenvalue weighted by Crippen LogP contribution is -2.14. The van der Waals surface area contributed by atoms with Gasteiger partial charge in [-0.15, -0.1) is 0 Å². The van der Waals surface area contributed by atoms with Crippen molar-refractivity contribution in [2.75, 3.05) is 0 Å². The van der Waals surface area contributed by atoms with Gasteiger partial charge in [0.1, 0.15) is 0 Å². The van der Waals surface area contributed by atoms with Gasteiger partial charge >= 0.3 is 0 Å². The Balaban J connectivity index is 1.45. The van der Waals surface area contributed by atoms with Crippen LogP contribution in [0.5, 0.6) is 0 Å². The van der Waals surface area contributed by atoms with E-state index in [1.165, 1.54) is 66.3 Å². The Morgan fingerprint density at radius 3 is 1.11 bits per heavy atom. The average Bonchev–Trinajstić information content (AvgIpc) is 3.10. The van der Waals surface area contributed by atoms with Crippen LogP contribution in [0.1, 0.15) is 110 Å². The Kier molecular flexibility index (Phi) is 12.5. The molecular formula is C44H50. The van der Waals surface area contributed by atoms with E-state index < -0.39 is 0 Å². The first kappa shape index (κ1) is 31.5. The van der Waals surface area contributed by atoms with E-state index in [2.05, 4.69) is 159 Å². The maximum Gasteiger partial charge on any atom is -0.0150 e. The van der Waals surface area contributed by atoms with Crippen LogP contribution >= 0.6 is 0 Å². The number of benzene rings is 5. The summed E-state index contributed by atoms with van der Waals surface area (Å²) >= 11 is 0. The van der Waals surface area contributed by atoms with Crippen molar-refractivity contribution in [3.63, 3.8) is 0 Å². The topological polar surface area (TPSA) is 0 Å². The molecule has 226 valence electrons. The van der Waals surface area contributed by atoms with Gasteiger partial charge in [-0.1, -0.05) is 178 Å². The minimum Gasteiger partial charge on any atom is -0.0654 e. The van der Waals surface area contributed by atoms with E-state index in [1.54, 1.807) is 0 Å². The van der Waals surface area contributed by atoms with Crippen LogP contribution in [0.2, 0.25) is 0 Å². The van der Waals surface area contributed by atoms with E-state index in [9.17, 15) is 0 Å². The maximum atomic E-state index is 2.38. The second-order valence-corrected chi connectivity index (χ2v) is 12.7. The first-order valence-electron chi connectivity index (χ1n) is 17.0. The number of hydrogen-bond acceptors (Lipinski definition) is 0. The van der Waals surface area contributed by atoms with E-state index in [0.29, 0.717) is 23.7 Å². The highest BCUT2D eigenvalue weighted by atomic mass is 14.3. The third-order valence-electron chi connectivity index (χ3n) is 9.57. The fraction of sp³-hybridized carbons (Fsp3) is 0.318. The highest BCUT2D eigenvalue weighted by Crippen LogP contribution is 2.43. The van der Waals surface area contributed by atoms with Crippen LogP contribution in [-0.4, -0.2) is 0 Å². The zero-order chi connectivity index (χ0) is 30.2. The highest BCUT2D eigenvalue weighted by molar-refractivity contribution is 5.28. The number of rotatable bonds is 17. The third kappa shape index (κ3) is 9.55. The average molecular weight is 579 g/mol. The molecule has 0 heterocycles. The molecule has 0 aliphatic carbocycles. The maximum absolute atomic E-state index is 2.38. The van der Waals surface area contributed by atoms with Gasteiger partial charge in [-0.3, -0.25) is 0 Å². The van der Waals surface area contributed by atoms with Gasteiger partial charge in [-0.2, -0.15) is 0 Å². The molecule has 5 aromatic rings. The quantitative estimate of drug-likeness (QED) is 0.0963. The highest BCUT2D eigenvalue weighted by Gasteiger charge is 2.26. The van der Waals surface area contributed by atoms with Crippen LogP contribution in [0.3, 0.4) is 0 Å². The van der Waals surface area contributed by atoms with Gasteiger partial charge in [-0.05, 0) is 90.0 Å². The van der Waals surface area contributed by atoms with Crippen molar-refractivity contribution < 1.29 is 0 Å². The molecule has 0 amide bonds. The first-order chi connectivity index (χ1) is 21.8. The van der Waals surface area contributed by atoms with Crippen molar-refractivity contribution in [3.05, 3.63) is 179 Å². The van der Waals surface area contributed by atoms with Gasteiger partial charge < -0.3 is 0 Å². The summed E-state index contributed by atoms with van der Waals surface area (Å²) in [6, 6.07) is 56.5. The van der Waals surface area contributed by atoms with Crippen LogP contribution in [0, 0.1) is 0 Å². The standard InChI is InChI=1S/C44H50/c1-2-3-9-30-41(37-22-12-5-13-23-37)33-43(39-26-16-7-17-27-39)35-44(40-28-18-8-19-29-40)34-42(38-24-14-6-15-25-38)32-31-36-20-10-4-11-21-36/h4-8,10-29,41-44H,2-3,9,30-35H2,1H3/t41-,42+,43-,44+/m1/s1. The summed E-state index contributed by atoms with van der Waals surface area (Å²) < 4.78 is 0. The van der Waals surface area contributed by atoms with E-state index in [4.69, 9.17) is 0 Å². The van der Waals surface area contributed by atoms with Crippen molar-refractivity contribution in [2.45, 2.75) is 88.4 Å². The van der Waals surface area contributed by atoms with Gasteiger partial charge in [0, 0.05) is 0 Å². The Labute approximate surface area is 267 Å². The number of unbranched alkanes of at least 4 members (excludes halogenated alkanes) is 2. The second kappa shape index (κ2) is 17.4. The lowest BCUT2D eigenvalue weighted by atomic mass is 9.74. The molecule has 0 radical (unpaired) electrons. The zero-order valence-corrected chi connectivity index (χ0v) is 26.6. The molecule has 0 fully saturated rings. The molecule has 4 atom stereocenters. The summed E-state index contributed by atoms with van der Waals surface area (Å²) in [5.74, 6) is 2.06. The van der Waals surface area contributed by atoms with E-state index in [-0.39, 0.29) is 0 Å². The summed E-state index contributed by atoms with van der Waals surface area (Å²) in [6.45, 7) is 2.32. The Bertz CT molecular complexity index is 1430. The Morgan fingerprint density at radius 1 is 0.364 bits per heavy atom. The molecule has 5 rings (SSSR count). The molecule has 0 bridgehead atoms. The van der Waals surface area contributed by atoms with E-state index in [0.717, 1.165) is 19.3 Å². The largest absolute Gasteiger partial charge is 0.0654 e.